The number of aromatic nitrogens is 11. The molecule has 35 nitrogen and oxygen atoms in total. The van der Waals surface area contributed by atoms with E-state index in [0.29, 0.717) is 16.6 Å². The van der Waals surface area contributed by atoms with Gasteiger partial charge < -0.3 is 66.0 Å². The number of phosphoric acid groups is 3. The Bertz CT molecular complexity index is 3290. The van der Waals surface area contributed by atoms with Crippen molar-refractivity contribution in [2.75, 3.05) is 77.5 Å². The SMILES string of the molecule is CO[C@H]1C(OP(=O)(O)OC[C@H]2CN(Cc3c[nH]c4c(N)ncnc34)C[C@H]2OP(=O)(O)OC[C@H]2O[C@@H](n3cnc4c(=O)[nH]c(N)nc43)[C@@H](OC)C2OP(=O)(O)OCCCO)[C@@H](CO)O[C@H]1n1cnc2c(=O)[nH]c(N)nc21. The summed E-state index contributed by atoms with van der Waals surface area (Å²) in [5.41, 5.74) is 17.4. The predicted molar refractivity (Wildman–Crippen MR) is 252 cm³/mol. The van der Waals surface area contributed by atoms with Gasteiger partial charge in [0.1, 0.15) is 48.5 Å². The minimum atomic E-state index is -5.25. The summed E-state index contributed by atoms with van der Waals surface area (Å²) < 4.78 is 99.9. The van der Waals surface area contributed by atoms with Gasteiger partial charge in [-0.3, -0.25) is 60.7 Å². The third kappa shape index (κ3) is 11.6. The van der Waals surface area contributed by atoms with E-state index in [-0.39, 0.29) is 72.7 Å². The first kappa shape index (κ1) is 54.6. The number of nitrogens with zero attached hydrogens (tertiary/aromatic N) is 9. The number of methoxy groups -OCH3 is 2. The fourth-order valence-electron chi connectivity index (χ4n) is 9.04. The maximum atomic E-state index is 14.0. The van der Waals surface area contributed by atoms with E-state index in [1.54, 1.807) is 11.1 Å². The molecule has 14 N–H and O–H groups in total. The van der Waals surface area contributed by atoms with Gasteiger partial charge >= 0.3 is 23.5 Å². The normalized spacial score (nSPS) is 27.9. The van der Waals surface area contributed by atoms with Gasteiger partial charge in [0.05, 0.1) is 50.7 Å². The number of rotatable bonds is 23. The average molecular weight is 1120 g/mol. The molecule has 6 aromatic heterocycles. The number of imidazole rings is 2. The molecule has 9 rings (SSSR count). The maximum absolute atomic E-state index is 14.0. The predicted octanol–water partition coefficient (Wildman–Crippen LogP) is -1.89. The van der Waals surface area contributed by atoms with E-state index in [1.807, 2.05) is 0 Å². The topological polar surface area (TPSA) is 495 Å². The third-order valence-electron chi connectivity index (χ3n) is 12.4. The molecule has 3 saturated heterocycles. The number of nitrogens with two attached hydrogens (primary N) is 3. The Balaban J connectivity index is 0.935. The number of likely N-dealkylation sites (tertiary alicyclic amines) is 1. The number of anilines is 3. The number of fused-ring (bicyclic) bond motifs is 3. The summed E-state index contributed by atoms with van der Waals surface area (Å²) in [6.45, 7) is -3.08. The minimum absolute atomic E-state index is 0.00337. The lowest BCUT2D eigenvalue weighted by atomic mass is 10.1. The number of hydrogen-bond acceptors (Lipinski definition) is 27. The molecule has 0 saturated carbocycles. The fraction of sp³-hybridized carbons (Fsp3) is 0.568. The van der Waals surface area contributed by atoms with Crippen LogP contribution in [0.2, 0.25) is 0 Å². The van der Waals surface area contributed by atoms with Gasteiger partial charge in [0.15, 0.2) is 40.6 Å². The highest BCUT2D eigenvalue weighted by Gasteiger charge is 2.53. The number of nitrogen functional groups attached to an aromatic ring is 3. The zero-order valence-corrected chi connectivity index (χ0v) is 42.1. The molecule has 38 heteroatoms. The van der Waals surface area contributed by atoms with E-state index in [0.717, 1.165) is 6.33 Å². The Labute approximate surface area is 420 Å². The van der Waals surface area contributed by atoms with Crippen molar-refractivity contribution in [3.05, 3.63) is 51.4 Å². The van der Waals surface area contributed by atoms with Gasteiger partial charge in [-0.25, -0.2) is 33.6 Å². The summed E-state index contributed by atoms with van der Waals surface area (Å²) in [6.07, 6.45) is -7.24. The van der Waals surface area contributed by atoms with Crippen molar-refractivity contribution in [1.29, 1.82) is 0 Å². The molecule has 410 valence electrons. The highest BCUT2D eigenvalue weighted by atomic mass is 31.2. The third-order valence-corrected chi connectivity index (χ3v) is 15.4. The summed E-state index contributed by atoms with van der Waals surface area (Å²) in [5, 5.41) is 19.5. The summed E-state index contributed by atoms with van der Waals surface area (Å²) in [5.74, 6) is -1.34. The van der Waals surface area contributed by atoms with Gasteiger partial charge in [-0.15, -0.1) is 0 Å². The van der Waals surface area contributed by atoms with Gasteiger partial charge in [0, 0.05) is 58.1 Å². The molecular formula is C37H52N15O20P3. The van der Waals surface area contributed by atoms with Gasteiger partial charge in [-0.05, 0) is 6.42 Å². The van der Waals surface area contributed by atoms with E-state index in [1.165, 1.54) is 36.0 Å². The molecule has 3 aliphatic heterocycles. The summed E-state index contributed by atoms with van der Waals surface area (Å²) in [7, 11) is -13.0. The average Bonchev–Trinajstić information content (AvgIpc) is 4.23. The zero-order chi connectivity index (χ0) is 53.6. The molecule has 3 aliphatic rings. The van der Waals surface area contributed by atoms with Gasteiger partial charge in [0.25, 0.3) is 11.1 Å². The van der Waals surface area contributed by atoms with E-state index >= 15 is 0 Å². The first-order valence-electron chi connectivity index (χ1n) is 22.5. The summed E-state index contributed by atoms with van der Waals surface area (Å²) >= 11 is 0. The number of hydrogen-bond donors (Lipinski definition) is 11. The lowest BCUT2D eigenvalue weighted by Gasteiger charge is -2.27. The van der Waals surface area contributed by atoms with Crippen molar-refractivity contribution < 1.29 is 84.7 Å². The van der Waals surface area contributed by atoms with Crippen LogP contribution >= 0.6 is 23.5 Å². The lowest BCUT2D eigenvalue weighted by Crippen LogP contribution is -2.37. The first-order chi connectivity index (χ1) is 35.7. The van der Waals surface area contributed by atoms with Crippen molar-refractivity contribution in [1.82, 2.24) is 58.9 Å². The largest absolute Gasteiger partial charge is 0.472 e. The highest BCUT2D eigenvalue weighted by Crippen LogP contribution is 2.53. The smallest absolute Gasteiger partial charge is 0.396 e. The molecule has 0 bridgehead atoms. The maximum Gasteiger partial charge on any atom is 0.472 e. The molecule has 13 atom stereocenters. The van der Waals surface area contributed by atoms with E-state index in [4.69, 9.17) is 63.3 Å². The second-order valence-electron chi connectivity index (χ2n) is 17.2. The molecule has 6 aromatic rings. The van der Waals surface area contributed by atoms with E-state index in [9.17, 15) is 48.2 Å². The summed E-state index contributed by atoms with van der Waals surface area (Å²) in [4.78, 5) is 92.5. The Hall–Kier alpha value is -5.23. The first-order valence-corrected chi connectivity index (χ1v) is 27.0. The lowest BCUT2D eigenvalue weighted by molar-refractivity contribution is -0.0595. The monoisotopic (exact) mass is 1120 g/mol. The van der Waals surface area contributed by atoms with Crippen molar-refractivity contribution >= 4 is 74.5 Å². The molecule has 75 heavy (non-hydrogen) atoms. The number of nitrogens with one attached hydrogen (secondary N) is 3. The summed E-state index contributed by atoms with van der Waals surface area (Å²) in [6, 6.07) is 0. The molecular weight excluding hydrogens is 1070 g/mol. The number of aliphatic hydroxyl groups is 2. The second-order valence-corrected chi connectivity index (χ2v) is 21.4. The van der Waals surface area contributed by atoms with Crippen LogP contribution in [0, 0.1) is 5.92 Å². The second kappa shape index (κ2) is 22.0. The van der Waals surface area contributed by atoms with E-state index < -0.39 is 122 Å². The number of aromatic amines is 3. The highest BCUT2D eigenvalue weighted by molar-refractivity contribution is 7.48. The van der Waals surface area contributed by atoms with Crippen LogP contribution in [0.4, 0.5) is 17.7 Å². The van der Waals surface area contributed by atoms with Crippen molar-refractivity contribution in [2.45, 2.75) is 68.1 Å². The Morgan fingerprint density at radius 2 is 1.28 bits per heavy atom. The Morgan fingerprint density at radius 1 is 0.720 bits per heavy atom. The number of aliphatic hydroxyl groups excluding tert-OH is 2. The molecule has 9 heterocycles. The van der Waals surface area contributed by atoms with Crippen molar-refractivity contribution in [2.24, 2.45) is 5.92 Å². The molecule has 0 amide bonds. The molecule has 5 unspecified atom stereocenters. The van der Waals surface area contributed by atoms with Crippen LogP contribution in [-0.4, -0.2) is 187 Å². The molecule has 0 radical (unpaired) electrons. The van der Waals surface area contributed by atoms with Gasteiger partial charge in [-0.2, -0.15) is 9.97 Å². The van der Waals surface area contributed by atoms with Crippen molar-refractivity contribution in [3.63, 3.8) is 0 Å². The van der Waals surface area contributed by atoms with Crippen molar-refractivity contribution in [3.8, 4) is 0 Å². The van der Waals surface area contributed by atoms with Crippen LogP contribution in [0.1, 0.15) is 24.4 Å². The van der Waals surface area contributed by atoms with Gasteiger partial charge in [-0.1, -0.05) is 0 Å². The van der Waals surface area contributed by atoms with Gasteiger partial charge in [0.2, 0.25) is 11.9 Å². The quantitative estimate of drug-likeness (QED) is 0.0247. The van der Waals surface area contributed by atoms with Crippen LogP contribution in [0.25, 0.3) is 33.4 Å². The zero-order valence-electron chi connectivity index (χ0n) is 39.4. The van der Waals surface area contributed by atoms with E-state index in [2.05, 4.69) is 44.9 Å². The fourth-order valence-corrected chi connectivity index (χ4v) is 12.0. The molecule has 0 aliphatic carbocycles. The molecule has 0 spiro atoms. The molecule has 3 fully saturated rings. The van der Waals surface area contributed by atoms with Crippen LogP contribution in [0.3, 0.4) is 0 Å². The Morgan fingerprint density at radius 3 is 1.87 bits per heavy atom. The number of ether oxygens (including phenoxy) is 4. The van der Waals surface area contributed by atoms with Crippen LogP contribution < -0.4 is 28.3 Å². The molecule has 0 aromatic carbocycles. The minimum Gasteiger partial charge on any atom is -0.396 e. The standard InChI is InChI=1S/C37H52N15O20P3/c1-63-27-25(19(10-54)68-34(27)51-14-44-23-30(51)46-36(39)48-32(23)55)71-75(61,62)66-11-17-8-50(7-16-6-41-22-21(16)42-13-43-29(22)38)9-18(17)70-74(59,60)67-12-20-26(72-73(57,58)65-5-3-4-53)28(64-2)35(69-20)52-15-45-24-31(52)47-37(40)49-33(24)56/h6,13-15,17-20,25-28,34-35,41,53-54H,3-5,7-12H2,1-2H3,(H,57,58)(H,59,60)(H,61,62)(H2,38,42,43)(H3,39,46,48,55)(H3,40,47,49,56)/t17-,18-,19-,20-,25?,26?,27+,28+,34-,35-/m1/s1. The van der Waals surface area contributed by atoms with Crippen LogP contribution in [-0.2, 0) is 66.3 Å². The number of H-pyrrole nitrogens is 3. The van der Waals surface area contributed by atoms with Crippen LogP contribution in [0.15, 0.2) is 34.8 Å². The van der Waals surface area contributed by atoms with Crippen LogP contribution in [0.5, 0.6) is 0 Å². The Kier molecular flexibility index (Phi) is 16.0. The number of phosphoric ester groups is 3.